The molecule has 0 unspecified atom stereocenters. The van der Waals surface area contributed by atoms with Crippen molar-refractivity contribution in [3.05, 3.63) is 65.7 Å². The molecule has 2 aromatic rings. The minimum atomic E-state index is -0.204. The molecule has 146 valence electrons. The van der Waals surface area contributed by atoms with Gasteiger partial charge in [0.2, 0.25) is 5.91 Å². The van der Waals surface area contributed by atoms with Crippen LogP contribution in [0.3, 0.4) is 0 Å². The molecule has 3 N–H and O–H groups in total. The summed E-state index contributed by atoms with van der Waals surface area (Å²) in [6.07, 6.45) is 0.754. The van der Waals surface area contributed by atoms with Crippen LogP contribution in [-0.4, -0.2) is 45.2 Å². The summed E-state index contributed by atoms with van der Waals surface area (Å²) in [6, 6.07) is 16.9. The minimum absolute atomic E-state index is 0. The molecule has 0 atom stereocenters. The Morgan fingerprint density at radius 2 is 1.67 bits per heavy atom. The van der Waals surface area contributed by atoms with Crippen LogP contribution in [-0.2, 0) is 16.0 Å². The van der Waals surface area contributed by atoms with Gasteiger partial charge in [0.25, 0.3) is 5.91 Å². The molecule has 0 aliphatic rings. The van der Waals surface area contributed by atoms with Gasteiger partial charge in [-0.3, -0.25) is 9.59 Å². The van der Waals surface area contributed by atoms with Gasteiger partial charge >= 0.3 is 0 Å². The van der Waals surface area contributed by atoms with E-state index in [-0.39, 0.29) is 30.8 Å². The number of anilines is 1. The Kier molecular flexibility index (Phi) is 10.8. The van der Waals surface area contributed by atoms with Gasteiger partial charge in [0, 0.05) is 20.2 Å². The highest BCUT2D eigenvalue weighted by molar-refractivity contribution is 6.04. The van der Waals surface area contributed by atoms with Crippen molar-refractivity contribution in [2.45, 2.75) is 6.42 Å². The van der Waals surface area contributed by atoms with Crippen LogP contribution in [0.15, 0.2) is 54.6 Å². The van der Waals surface area contributed by atoms with Crippen molar-refractivity contribution >= 4 is 29.9 Å². The van der Waals surface area contributed by atoms with Gasteiger partial charge in [0.05, 0.1) is 24.4 Å². The van der Waals surface area contributed by atoms with Crippen molar-refractivity contribution in [3.8, 4) is 0 Å². The summed E-state index contributed by atoms with van der Waals surface area (Å²) in [5, 5.41) is 8.64. The molecule has 0 bridgehead atoms. The van der Waals surface area contributed by atoms with E-state index in [2.05, 4.69) is 16.0 Å². The van der Waals surface area contributed by atoms with Gasteiger partial charge in [0.15, 0.2) is 0 Å². The van der Waals surface area contributed by atoms with Crippen molar-refractivity contribution < 1.29 is 14.3 Å². The minimum Gasteiger partial charge on any atom is -0.383 e. The molecule has 0 radical (unpaired) electrons. The van der Waals surface area contributed by atoms with Crippen LogP contribution in [0.1, 0.15) is 15.9 Å². The van der Waals surface area contributed by atoms with Gasteiger partial charge < -0.3 is 20.7 Å². The third-order valence-corrected chi connectivity index (χ3v) is 3.76. The Hall–Kier alpha value is -2.41. The molecule has 6 nitrogen and oxygen atoms in total. The van der Waals surface area contributed by atoms with E-state index in [9.17, 15) is 9.59 Å². The average molecular weight is 392 g/mol. The fourth-order valence-corrected chi connectivity index (χ4v) is 2.42. The number of carbonyl (C=O) groups is 2. The monoisotopic (exact) mass is 391 g/mol. The van der Waals surface area contributed by atoms with Crippen molar-refractivity contribution in [2.75, 3.05) is 38.7 Å². The van der Waals surface area contributed by atoms with Crippen molar-refractivity contribution in [1.29, 1.82) is 0 Å². The summed E-state index contributed by atoms with van der Waals surface area (Å²) in [7, 11) is 1.61. The second kappa shape index (κ2) is 12.9. The number of carbonyl (C=O) groups excluding carboxylic acids is 2. The van der Waals surface area contributed by atoms with Gasteiger partial charge in [-0.25, -0.2) is 0 Å². The lowest BCUT2D eigenvalue weighted by Gasteiger charge is -2.12. The zero-order valence-corrected chi connectivity index (χ0v) is 16.2. The molecule has 0 fully saturated rings. The molecule has 2 rings (SSSR count). The van der Waals surface area contributed by atoms with E-state index in [1.807, 2.05) is 30.3 Å². The number of hydrogen-bond acceptors (Lipinski definition) is 4. The van der Waals surface area contributed by atoms with Gasteiger partial charge in [-0.1, -0.05) is 42.5 Å². The van der Waals surface area contributed by atoms with Crippen LogP contribution in [0.4, 0.5) is 5.69 Å². The number of methoxy groups -OCH3 is 1. The summed E-state index contributed by atoms with van der Waals surface area (Å²) in [6.45, 7) is 1.82. The highest BCUT2D eigenvalue weighted by Gasteiger charge is 2.12. The van der Waals surface area contributed by atoms with E-state index in [4.69, 9.17) is 4.74 Å². The number of nitrogens with one attached hydrogen (secondary N) is 3. The lowest BCUT2D eigenvalue weighted by Crippen LogP contribution is -2.31. The average Bonchev–Trinajstić information content (AvgIpc) is 2.66. The van der Waals surface area contributed by atoms with Crippen molar-refractivity contribution in [3.63, 3.8) is 0 Å². The second-order valence-corrected chi connectivity index (χ2v) is 5.75. The lowest BCUT2D eigenvalue weighted by molar-refractivity contribution is -0.115. The van der Waals surface area contributed by atoms with Gasteiger partial charge in [-0.15, -0.1) is 12.4 Å². The standard InChI is InChI=1S/C20H25N3O3.ClH/c1-26-14-13-21-15-19(24)23-18-10-6-5-9-17(18)20(25)22-12-11-16-7-3-2-4-8-16;/h2-10,21H,11-15H2,1H3,(H,22,25)(H,23,24);1H. The van der Waals surface area contributed by atoms with Crippen LogP contribution < -0.4 is 16.0 Å². The Morgan fingerprint density at radius 1 is 0.963 bits per heavy atom. The number of benzene rings is 2. The molecular weight excluding hydrogens is 366 g/mol. The third kappa shape index (κ3) is 8.21. The smallest absolute Gasteiger partial charge is 0.253 e. The largest absolute Gasteiger partial charge is 0.383 e. The fourth-order valence-electron chi connectivity index (χ4n) is 2.42. The van der Waals surface area contributed by atoms with E-state index < -0.39 is 0 Å². The summed E-state index contributed by atoms with van der Waals surface area (Å²) in [5.41, 5.74) is 2.12. The zero-order valence-electron chi connectivity index (χ0n) is 15.4. The first-order valence-corrected chi connectivity index (χ1v) is 8.61. The maximum absolute atomic E-state index is 12.4. The Bertz CT molecular complexity index is 711. The van der Waals surface area contributed by atoms with Crippen molar-refractivity contribution in [2.24, 2.45) is 0 Å². The molecule has 0 aromatic heterocycles. The quantitative estimate of drug-likeness (QED) is 0.543. The van der Waals surface area contributed by atoms with E-state index in [1.165, 1.54) is 0 Å². The van der Waals surface area contributed by atoms with Crippen LogP contribution in [0, 0.1) is 0 Å². The molecule has 7 heteroatoms. The van der Waals surface area contributed by atoms with Gasteiger partial charge in [-0.2, -0.15) is 0 Å². The molecule has 2 aromatic carbocycles. The summed E-state index contributed by atoms with van der Waals surface area (Å²) < 4.78 is 4.91. The SMILES string of the molecule is COCCNCC(=O)Nc1ccccc1C(=O)NCCc1ccccc1.Cl. The molecule has 27 heavy (non-hydrogen) atoms. The first-order chi connectivity index (χ1) is 12.7. The van der Waals surface area contributed by atoms with Crippen LogP contribution in [0.5, 0.6) is 0 Å². The first-order valence-electron chi connectivity index (χ1n) is 8.61. The summed E-state index contributed by atoms with van der Waals surface area (Å²) >= 11 is 0. The zero-order chi connectivity index (χ0) is 18.6. The normalized spacial score (nSPS) is 9.96. The Labute approximate surface area is 166 Å². The van der Waals surface area contributed by atoms with E-state index >= 15 is 0 Å². The third-order valence-electron chi connectivity index (χ3n) is 3.76. The number of rotatable bonds is 10. The Balaban J connectivity index is 0.00000364. The molecule has 0 saturated heterocycles. The lowest BCUT2D eigenvalue weighted by atomic mass is 10.1. The summed E-state index contributed by atoms with van der Waals surface area (Å²) in [4.78, 5) is 24.4. The molecule has 0 spiro atoms. The predicted molar refractivity (Wildman–Crippen MR) is 110 cm³/mol. The molecule has 0 heterocycles. The van der Waals surface area contributed by atoms with Crippen LogP contribution in [0.2, 0.25) is 0 Å². The van der Waals surface area contributed by atoms with E-state index in [0.717, 1.165) is 12.0 Å². The molecule has 2 amide bonds. The van der Waals surface area contributed by atoms with Gasteiger partial charge in [0.1, 0.15) is 0 Å². The highest BCUT2D eigenvalue weighted by Crippen LogP contribution is 2.14. The highest BCUT2D eigenvalue weighted by atomic mass is 35.5. The maximum Gasteiger partial charge on any atom is 0.253 e. The van der Waals surface area contributed by atoms with Crippen molar-refractivity contribution in [1.82, 2.24) is 10.6 Å². The molecule has 0 aliphatic heterocycles. The number of para-hydroxylation sites is 1. The second-order valence-electron chi connectivity index (χ2n) is 5.75. The number of amides is 2. The van der Waals surface area contributed by atoms with Gasteiger partial charge in [-0.05, 0) is 24.1 Å². The molecular formula is C20H26ClN3O3. The predicted octanol–water partition coefficient (Wildman–Crippen LogP) is 2.26. The number of hydrogen-bond donors (Lipinski definition) is 3. The number of halogens is 1. The number of ether oxygens (including phenoxy) is 1. The first kappa shape index (κ1) is 22.6. The van der Waals surface area contributed by atoms with Crippen LogP contribution >= 0.6 is 12.4 Å². The fraction of sp³-hybridized carbons (Fsp3) is 0.300. The van der Waals surface area contributed by atoms with E-state index in [1.54, 1.807) is 31.4 Å². The topological polar surface area (TPSA) is 79.5 Å². The van der Waals surface area contributed by atoms with Crippen LogP contribution in [0.25, 0.3) is 0 Å². The maximum atomic E-state index is 12.4. The Morgan fingerprint density at radius 3 is 2.41 bits per heavy atom. The molecule has 0 aliphatic carbocycles. The van der Waals surface area contributed by atoms with E-state index in [0.29, 0.717) is 30.9 Å². The summed E-state index contributed by atoms with van der Waals surface area (Å²) in [5.74, 6) is -0.408. The molecule has 0 saturated carbocycles.